The Morgan fingerprint density at radius 1 is 1.42 bits per heavy atom. The van der Waals surface area contributed by atoms with E-state index < -0.39 is 23.0 Å². The summed E-state index contributed by atoms with van der Waals surface area (Å²) in [5, 5.41) is 13.7. The normalized spacial score (nSPS) is 17.8. The van der Waals surface area contributed by atoms with Crippen LogP contribution in [0.2, 0.25) is 0 Å². The summed E-state index contributed by atoms with van der Waals surface area (Å²) >= 11 is 0. The minimum atomic E-state index is -0.806. The van der Waals surface area contributed by atoms with Gasteiger partial charge in [-0.2, -0.15) is 0 Å². The van der Waals surface area contributed by atoms with E-state index in [1.165, 1.54) is 30.1 Å². The van der Waals surface area contributed by atoms with Gasteiger partial charge in [-0.3, -0.25) is 10.1 Å². The molecule has 0 saturated carbocycles. The van der Waals surface area contributed by atoms with E-state index in [9.17, 15) is 19.7 Å². The standard InChI is InChI=1S/C16H19N3O5/c1-9(2)24-15(20)13-10(3)18(4)16(21)17-14(13)11-6-5-7-12(8-11)19(22)23/h5-9,14H,1-4H3,(H,17,21)/t14-/m0/s1. The van der Waals surface area contributed by atoms with Crippen LogP contribution in [-0.2, 0) is 9.53 Å². The highest BCUT2D eigenvalue weighted by atomic mass is 16.6. The van der Waals surface area contributed by atoms with Crippen molar-refractivity contribution in [1.82, 2.24) is 10.2 Å². The number of amides is 2. The predicted molar refractivity (Wildman–Crippen MR) is 86.1 cm³/mol. The van der Waals surface area contributed by atoms with Gasteiger partial charge in [0.1, 0.15) is 0 Å². The minimum Gasteiger partial charge on any atom is -0.459 e. The van der Waals surface area contributed by atoms with Crippen LogP contribution in [0.3, 0.4) is 0 Å². The lowest BCUT2D eigenvalue weighted by Crippen LogP contribution is -2.46. The molecule has 24 heavy (non-hydrogen) atoms. The van der Waals surface area contributed by atoms with E-state index in [1.807, 2.05) is 0 Å². The van der Waals surface area contributed by atoms with Crippen LogP contribution in [0.4, 0.5) is 10.5 Å². The van der Waals surface area contributed by atoms with E-state index in [4.69, 9.17) is 4.74 Å². The molecule has 1 aromatic rings. The average molecular weight is 333 g/mol. The van der Waals surface area contributed by atoms with E-state index in [1.54, 1.807) is 26.8 Å². The van der Waals surface area contributed by atoms with Crippen molar-refractivity contribution in [2.45, 2.75) is 32.9 Å². The van der Waals surface area contributed by atoms with Gasteiger partial charge in [-0.1, -0.05) is 12.1 Å². The summed E-state index contributed by atoms with van der Waals surface area (Å²) in [6.45, 7) is 5.09. The molecule has 8 heteroatoms. The highest BCUT2D eigenvalue weighted by Crippen LogP contribution is 2.32. The first-order valence-corrected chi connectivity index (χ1v) is 7.42. The number of hydrogen-bond acceptors (Lipinski definition) is 5. The fourth-order valence-corrected chi connectivity index (χ4v) is 2.45. The smallest absolute Gasteiger partial charge is 0.338 e. The Hall–Kier alpha value is -2.90. The second kappa shape index (κ2) is 6.69. The zero-order chi connectivity index (χ0) is 18.0. The highest BCUT2D eigenvalue weighted by molar-refractivity contribution is 5.95. The number of carbonyl (C=O) groups excluding carboxylic acids is 2. The van der Waals surface area contributed by atoms with Crippen molar-refractivity contribution in [3.05, 3.63) is 51.2 Å². The van der Waals surface area contributed by atoms with Crippen molar-refractivity contribution in [3.8, 4) is 0 Å². The van der Waals surface area contributed by atoms with Crippen molar-refractivity contribution in [2.75, 3.05) is 7.05 Å². The van der Waals surface area contributed by atoms with E-state index in [0.29, 0.717) is 11.3 Å². The van der Waals surface area contributed by atoms with Crippen molar-refractivity contribution < 1.29 is 19.2 Å². The number of carbonyl (C=O) groups is 2. The fourth-order valence-electron chi connectivity index (χ4n) is 2.45. The van der Waals surface area contributed by atoms with Crippen LogP contribution in [0.1, 0.15) is 32.4 Å². The van der Waals surface area contributed by atoms with Crippen LogP contribution in [0.5, 0.6) is 0 Å². The van der Waals surface area contributed by atoms with Gasteiger partial charge in [-0.15, -0.1) is 0 Å². The maximum Gasteiger partial charge on any atom is 0.338 e. The van der Waals surface area contributed by atoms with Crippen LogP contribution in [-0.4, -0.2) is 35.0 Å². The summed E-state index contributed by atoms with van der Waals surface area (Å²) in [7, 11) is 1.54. The number of nitro benzene ring substituents is 1. The topological polar surface area (TPSA) is 102 Å². The third-order valence-corrected chi connectivity index (χ3v) is 3.73. The number of nitrogens with zero attached hydrogens (tertiary/aromatic N) is 2. The molecule has 1 aliphatic rings. The molecule has 2 amide bonds. The minimum absolute atomic E-state index is 0.116. The first-order valence-electron chi connectivity index (χ1n) is 7.42. The van der Waals surface area contributed by atoms with Crippen LogP contribution in [0, 0.1) is 10.1 Å². The molecule has 0 fully saturated rings. The van der Waals surface area contributed by atoms with Gasteiger partial charge >= 0.3 is 12.0 Å². The first-order chi connectivity index (χ1) is 11.2. The van der Waals surface area contributed by atoms with Gasteiger partial charge in [0.05, 0.1) is 22.6 Å². The number of allylic oxidation sites excluding steroid dienone is 1. The summed E-state index contributed by atoms with van der Waals surface area (Å²) in [5.74, 6) is -0.564. The number of esters is 1. The predicted octanol–water partition coefficient (Wildman–Crippen LogP) is 2.52. The number of hydrogen-bond donors (Lipinski definition) is 1. The average Bonchev–Trinajstić information content (AvgIpc) is 2.51. The quantitative estimate of drug-likeness (QED) is 0.518. The second-order valence-corrected chi connectivity index (χ2v) is 5.75. The van der Waals surface area contributed by atoms with Crippen LogP contribution in [0.25, 0.3) is 0 Å². The third-order valence-electron chi connectivity index (χ3n) is 3.73. The molecule has 1 aliphatic heterocycles. The third kappa shape index (κ3) is 3.37. The molecule has 8 nitrogen and oxygen atoms in total. The number of urea groups is 1. The highest BCUT2D eigenvalue weighted by Gasteiger charge is 2.35. The Morgan fingerprint density at radius 2 is 2.08 bits per heavy atom. The van der Waals surface area contributed by atoms with Crippen LogP contribution in [0.15, 0.2) is 35.5 Å². The molecule has 0 saturated heterocycles. The number of benzene rings is 1. The van der Waals surface area contributed by atoms with E-state index in [0.717, 1.165) is 0 Å². The van der Waals surface area contributed by atoms with Gasteiger partial charge in [0.2, 0.25) is 0 Å². The molecule has 1 N–H and O–H groups in total. The Kier molecular flexibility index (Phi) is 4.87. The summed E-state index contributed by atoms with van der Waals surface area (Å²) in [6, 6.07) is 4.62. The Bertz CT molecular complexity index is 726. The second-order valence-electron chi connectivity index (χ2n) is 5.75. The fraction of sp³-hybridized carbons (Fsp3) is 0.375. The number of nitro groups is 1. The molecule has 0 aliphatic carbocycles. The molecule has 0 bridgehead atoms. The largest absolute Gasteiger partial charge is 0.459 e. The molecular formula is C16H19N3O5. The van der Waals surface area contributed by atoms with Crippen LogP contribution >= 0.6 is 0 Å². The zero-order valence-electron chi connectivity index (χ0n) is 13.9. The maximum atomic E-state index is 12.5. The SMILES string of the molecule is CC1=C(C(=O)OC(C)C)[C@H](c2cccc([N+](=O)[O-])c2)NC(=O)N1C. The molecule has 2 rings (SSSR count). The number of rotatable bonds is 4. The van der Waals surface area contributed by atoms with Gasteiger partial charge in [-0.05, 0) is 26.3 Å². The zero-order valence-corrected chi connectivity index (χ0v) is 13.9. The summed E-state index contributed by atoms with van der Waals surface area (Å²) in [4.78, 5) is 36.3. The van der Waals surface area contributed by atoms with Crippen molar-refractivity contribution in [2.24, 2.45) is 0 Å². The molecule has 0 unspecified atom stereocenters. The number of nitrogens with one attached hydrogen (secondary N) is 1. The lowest BCUT2D eigenvalue weighted by molar-refractivity contribution is -0.384. The van der Waals surface area contributed by atoms with Crippen LogP contribution < -0.4 is 5.32 Å². The Labute approximate surface area is 139 Å². The number of non-ortho nitro benzene ring substituents is 1. The van der Waals surface area contributed by atoms with Gasteiger partial charge < -0.3 is 15.0 Å². The lowest BCUT2D eigenvalue weighted by atomic mass is 9.94. The lowest BCUT2D eigenvalue weighted by Gasteiger charge is -2.33. The Balaban J connectivity index is 2.53. The molecule has 1 atom stereocenters. The van der Waals surface area contributed by atoms with Gasteiger partial charge in [-0.25, -0.2) is 9.59 Å². The maximum absolute atomic E-state index is 12.5. The summed E-state index contributed by atoms with van der Waals surface area (Å²) < 4.78 is 5.26. The van der Waals surface area contributed by atoms with Crippen molar-refractivity contribution >= 4 is 17.7 Å². The van der Waals surface area contributed by atoms with Crippen molar-refractivity contribution in [3.63, 3.8) is 0 Å². The molecule has 128 valence electrons. The molecule has 1 heterocycles. The molecule has 0 spiro atoms. The monoisotopic (exact) mass is 333 g/mol. The van der Waals surface area contributed by atoms with Gasteiger partial charge in [0.15, 0.2) is 0 Å². The van der Waals surface area contributed by atoms with E-state index in [2.05, 4.69) is 5.32 Å². The number of ether oxygens (including phenoxy) is 1. The van der Waals surface area contributed by atoms with E-state index >= 15 is 0 Å². The molecule has 0 radical (unpaired) electrons. The Morgan fingerprint density at radius 3 is 2.67 bits per heavy atom. The van der Waals surface area contributed by atoms with Crippen molar-refractivity contribution in [1.29, 1.82) is 0 Å². The first kappa shape index (κ1) is 17.5. The summed E-state index contributed by atoms with van der Waals surface area (Å²) in [6.07, 6.45) is -0.327. The van der Waals surface area contributed by atoms with Gasteiger partial charge in [0, 0.05) is 24.9 Å². The molecular weight excluding hydrogens is 314 g/mol. The van der Waals surface area contributed by atoms with E-state index in [-0.39, 0.29) is 17.4 Å². The molecule has 0 aromatic heterocycles. The van der Waals surface area contributed by atoms with Gasteiger partial charge in [0.25, 0.3) is 5.69 Å². The molecule has 1 aromatic carbocycles. The summed E-state index contributed by atoms with van der Waals surface area (Å²) in [5.41, 5.74) is 1.03.